The lowest BCUT2D eigenvalue weighted by molar-refractivity contribution is -0.129. The van der Waals surface area contributed by atoms with E-state index in [9.17, 15) is 19.5 Å². The number of carbonyl (C=O) groups excluding carboxylic acids is 2. The molecule has 10 heteroatoms. The third kappa shape index (κ3) is 4.32. The number of rotatable bonds is 6. The van der Waals surface area contributed by atoms with E-state index in [1.54, 1.807) is 23.1 Å². The van der Waals surface area contributed by atoms with Crippen molar-refractivity contribution in [3.05, 3.63) is 45.6 Å². The first-order chi connectivity index (χ1) is 14.8. The predicted octanol–water partition coefficient (Wildman–Crippen LogP) is 1.45. The molecule has 0 bridgehead atoms. The zero-order valence-electron chi connectivity index (χ0n) is 18.0. The first kappa shape index (κ1) is 22.1. The van der Waals surface area contributed by atoms with Crippen LogP contribution in [0.25, 0.3) is 0 Å². The molecule has 2 N–H and O–H groups in total. The minimum absolute atomic E-state index is 0.130. The highest BCUT2D eigenvalue weighted by Gasteiger charge is 2.32. The summed E-state index contributed by atoms with van der Waals surface area (Å²) in [6, 6.07) is 4.85. The lowest BCUT2D eigenvalue weighted by atomic mass is 10.1. The number of methoxy groups -OCH3 is 2. The van der Waals surface area contributed by atoms with Gasteiger partial charge in [-0.1, -0.05) is 12.1 Å². The molecular formula is C21H26N4O6. The molecule has 1 saturated heterocycles. The van der Waals surface area contributed by atoms with E-state index in [0.717, 1.165) is 6.42 Å². The van der Waals surface area contributed by atoms with Crippen LogP contribution in [0.4, 0.5) is 0 Å². The van der Waals surface area contributed by atoms with E-state index < -0.39 is 23.3 Å². The van der Waals surface area contributed by atoms with Crippen molar-refractivity contribution in [1.82, 2.24) is 19.8 Å². The average molecular weight is 430 g/mol. The van der Waals surface area contributed by atoms with Gasteiger partial charge in [-0.25, -0.2) is 4.98 Å². The number of benzene rings is 1. The third-order valence-corrected chi connectivity index (χ3v) is 5.33. The van der Waals surface area contributed by atoms with Gasteiger partial charge in [0.15, 0.2) is 17.2 Å². The van der Waals surface area contributed by atoms with Gasteiger partial charge in [-0.2, -0.15) is 0 Å². The number of H-pyrrole nitrogens is 1. The van der Waals surface area contributed by atoms with Gasteiger partial charge in [-0.05, 0) is 18.9 Å². The van der Waals surface area contributed by atoms with E-state index in [0.29, 0.717) is 30.0 Å². The molecule has 1 unspecified atom stereocenters. The van der Waals surface area contributed by atoms with E-state index in [2.05, 4.69) is 9.97 Å². The van der Waals surface area contributed by atoms with Crippen LogP contribution < -0.4 is 15.0 Å². The summed E-state index contributed by atoms with van der Waals surface area (Å²) in [7, 11) is 4.55. The van der Waals surface area contributed by atoms with E-state index >= 15 is 0 Å². The quantitative estimate of drug-likeness (QED) is 0.710. The monoisotopic (exact) mass is 430 g/mol. The Morgan fingerprint density at radius 1 is 1.32 bits per heavy atom. The van der Waals surface area contributed by atoms with E-state index in [1.807, 2.05) is 0 Å². The number of para-hydroxylation sites is 1. The smallest absolute Gasteiger partial charge is 0.294 e. The molecule has 1 aliphatic rings. The van der Waals surface area contributed by atoms with Crippen LogP contribution in [0.3, 0.4) is 0 Å². The second kappa shape index (κ2) is 9.07. The Balaban J connectivity index is 1.92. The van der Waals surface area contributed by atoms with Crippen molar-refractivity contribution in [3.8, 4) is 17.2 Å². The van der Waals surface area contributed by atoms with Crippen LogP contribution in [0, 0.1) is 0 Å². The van der Waals surface area contributed by atoms with Gasteiger partial charge >= 0.3 is 0 Å². The molecule has 0 saturated carbocycles. The summed E-state index contributed by atoms with van der Waals surface area (Å²) in [5.74, 6) is -0.352. The van der Waals surface area contributed by atoms with E-state index in [-0.39, 0.29) is 24.0 Å². The Kier molecular flexibility index (Phi) is 6.47. The summed E-state index contributed by atoms with van der Waals surface area (Å²) in [5, 5.41) is 10.2. The van der Waals surface area contributed by atoms with Crippen molar-refractivity contribution in [1.29, 1.82) is 0 Å². The van der Waals surface area contributed by atoms with Gasteiger partial charge in [0.2, 0.25) is 11.7 Å². The van der Waals surface area contributed by atoms with Crippen LogP contribution in [0.2, 0.25) is 0 Å². The number of nitrogens with zero attached hydrogens (tertiary/aromatic N) is 3. The number of hydrogen-bond donors (Lipinski definition) is 2. The molecule has 2 aromatic rings. The highest BCUT2D eigenvalue weighted by Crippen LogP contribution is 2.32. The standard InChI is InChI=1S/C21H26N4O6/c1-12(26)25-10-6-8-14(25)19-22-16(17(27)20(28)23-19)21(29)24(2)11-13-7-5-9-15(30-3)18(13)31-4/h5,7,9,14,27H,6,8,10-11H2,1-4H3,(H,22,23,28). The van der Waals surface area contributed by atoms with Gasteiger partial charge in [0.1, 0.15) is 5.82 Å². The molecule has 2 amide bonds. The fourth-order valence-electron chi connectivity index (χ4n) is 3.81. The molecular weight excluding hydrogens is 404 g/mol. The number of ether oxygens (including phenoxy) is 2. The number of aromatic nitrogens is 2. The number of carbonyl (C=O) groups is 2. The summed E-state index contributed by atoms with van der Waals surface area (Å²) in [5.41, 5.74) is -0.504. The number of amides is 2. The zero-order chi connectivity index (χ0) is 22.7. The van der Waals surface area contributed by atoms with Crippen molar-refractivity contribution in [2.24, 2.45) is 0 Å². The number of likely N-dealkylation sites (tertiary alicyclic amines) is 1. The highest BCUT2D eigenvalue weighted by atomic mass is 16.5. The van der Waals surface area contributed by atoms with Crippen LogP contribution in [0.15, 0.2) is 23.0 Å². The fraction of sp³-hybridized carbons (Fsp3) is 0.429. The maximum Gasteiger partial charge on any atom is 0.294 e. The van der Waals surface area contributed by atoms with Gasteiger partial charge < -0.3 is 29.4 Å². The maximum absolute atomic E-state index is 13.1. The highest BCUT2D eigenvalue weighted by molar-refractivity contribution is 5.94. The maximum atomic E-state index is 13.1. The molecule has 166 valence electrons. The van der Waals surface area contributed by atoms with Crippen LogP contribution in [-0.4, -0.2) is 64.5 Å². The summed E-state index contributed by atoms with van der Waals surface area (Å²) >= 11 is 0. The molecule has 31 heavy (non-hydrogen) atoms. The van der Waals surface area contributed by atoms with Crippen LogP contribution in [0.1, 0.15) is 47.7 Å². The van der Waals surface area contributed by atoms with Crippen LogP contribution in [-0.2, 0) is 11.3 Å². The third-order valence-electron chi connectivity index (χ3n) is 5.33. The summed E-state index contributed by atoms with van der Waals surface area (Å²) in [6.07, 6.45) is 1.37. The van der Waals surface area contributed by atoms with Crippen molar-refractivity contribution in [3.63, 3.8) is 0 Å². The number of aromatic amines is 1. The molecule has 1 fully saturated rings. The Labute approximate surface area is 179 Å². The molecule has 1 atom stereocenters. The fourth-order valence-corrected chi connectivity index (χ4v) is 3.81. The topological polar surface area (TPSA) is 125 Å². The molecule has 3 rings (SSSR count). The van der Waals surface area contributed by atoms with Crippen molar-refractivity contribution < 1.29 is 24.2 Å². The number of aromatic hydroxyl groups is 1. The molecule has 2 heterocycles. The van der Waals surface area contributed by atoms with Crippen LogP contribution >= 0.6 is 0 Å². The molecule has 1 aromatic carbocycles. The van der Waals surface area contributed by atoms with Gasteiger partial charge in [0.05, 0.1) is 20.3 Å². The lowest BCUT2D eigenvalue weighted by Gasteiger charge is -2.23. The molecule has 0 aliphatic carbocycles. The van der Waals surface area contributed by atoms with E-state index in [4.69, 9.17) is 9.47 Å². The van der Waals surface area contributed by atoms with E-state index in [1.165, 1.54) is 33.1 Å². The predicted molar refractivity (Wildman–Crippen MR) is 111 cm³/mol. The lowest BCUT2D eigenvalue weighted by Crippen LogP contribution is -2.33. The van der Waals surface area contributed by atoms with Gasteiger partial charge in [0, 0.05) is 32.6 Å². The normalized spacial score (nSPS) is 15.6. The average Bonchev–Trinajstić information content (AvgIpc) is 3.25. The molecule has 0 radical (unpaired) electrons. The van der Waals surface area contributed by atoms with Gasteiger partial charge in [-0.3, -0.25) is 14.4 Å². The van der Waals surface area contributed by atoms with Crippen LogP contribution in [0.5, 0.6) is 17.2 Å². The molecule has 1 aromatic heterocycles. The summed E-state index contributed by atoms with van der Waals surface area (Å²) < 4.78 is 10.7. The molecule has 1 aliphatic heterocycles. The van der Waals surface area contributed by atoms with Crippen molar-refractivity contribution >= 4 is 11.8 Å². The Morgan fingerprint density at radius 3 is 2.71 bits per heavy atom. The summed E-state index contributed by atoms with van der Waals surface area (Å²) in [6.45, 7) is 2.12. The second-order valence-electron chi connectivity index (χ2n) is 7.33. The van der Waals surface area contributed by atoms with Crippen molar-refractivity contribution in [2.75, 3.05) is 27.8 Å². The number of hydrogen-bond acceptors (Lipinski definition) is 7. The summed E-state index contributed by atoms with van der Waals surface area (Å²) in [4.78, 5) is 46.9. The molecule has 0 spiro atoms. The Bertz CT molecular complexity index is 1050. The molecule has 10 nitrogen and oxygen atoms in total. The number of nitrogens with one attached hydrogen (secondary N) is 1. The minimum Gasteiger partial charge on any atom is -0.501 e. The van der Waals surface area contributed by atoms with Gasteiger partial charge in [0.25, 0.3) is 11.5 Å². The first-order valence-electron chi connectivity index (χ1n) is 9.84. The second-order valence-corrected chi connectivity index (χ2v) is 7.33. The van der Waals surface area contributed by atoms with Gasteiger partial charge in [-0.15, -0.1) is 0 Å². The SMILES string of the molecule is COc1cccc(CN(C)C(=O)c2nc(C3CCCN3C(C)=O)[nH]c(=O)c2O)c1OC. The Morgan fingerprint density at radius 2 is 2.06 bits per heavy atom. The first-order valence-corrected chi connectivity index (χ1v) is 9.84. The zero-order valence-corrected chi connectivity index (χ0v) is 18.0. The van der Waals surface area contributed by atoms with Crippen molar-refractivity contribution in [2.45, 2.75) is 32.4 Å². The minimum atomic E-state index is -0.823. The Hall–Kier alpha value is -3.56. The largest absolute Gasteiger partial charge is 0.501 e.